The lowest BCUT2D eigenvalue weighted by Gasteiger charge is -2.32. The predicted octanol–water partition coefficient (Wildman–Crippen LogP) is 2.47. The van der Waals surface area contributed by atoms with Crippen LogP contribution in [0.5, 0.6) is 5.75 Å². The van der Waals surface area contributed by atoms with E-state index in [4.69, 9.17) is 4.74 Å². The van der Waals surface area contributed by atoms with Gasteiger partial charge in [-0.1, -0.05) is 0 Å². The van der Waals surface area contributed by atoms with Crippen LogP contribution in [0.1, 0.15) is 24.2 Å². The molecule has 1 heterocycles. The van der Waals surface area contributed by atoms with Crippen molar-refractivity contribution in [1.82, 2.24) is 9.80 Å². The van der Waals surface area contributed by atoms with Gasteiger partial charge in [0.15, 0.2) is 0 Å². The lowest BCUT2D eigenvalue weighted by atomic mass is 10.1. The molecule has 1 fully saturated rings. The topological polar surface area (TPSA) is 32.8 Å². The Morgan fingerprint density at radius 2 is 1.90 bits per heavy atom. The first-order valence-corrected chi connectivity index (χ1v) is 7.99. The Morgan fingerprint density at radius 3 is 2.50 bits per heavy atom. The summed E-state index contributed by atoms with van der Waals surface area (Å²) in [6.45, 7) is 7.37. The van der Waals surface area contributed by atoms with Crippen molar-refractivity contribution in [3.8, 4) is 5.75 Å². The van der Waals surface area contributed by atoms with Gasteiger partial charge in [0.1, 0.15) is 5.75 Å². The van der Waals surface area contributed by atoms with Crippen LogP contribution in [0.15, 0.2) is 18.2 Å². The van der Waals surface area contributed by atoms with Gasteiger partial charge in [-0.05, 0) is 61.7 Å². The number of hydrogen-bond donors (Lipinski definition) is 0. The molecule has 4 nitrogen and oxygen atoms in total. The molecule has 0 aromatic heterocycles. The number of halogens is 1. The van der Waals surface area contributed by atoms with Crippen LogP contribution in [0, 0.1) is 3.57 Å². The zero-order chi connectivity index (χ0) is 14.7. The van der Waals surface area contributed by atoms with Gasteiger partial charge in [-0.15, -0.1) is 0 Å². The Bertz CT molecular complexity index is 483. The summed E-state index contributed by atoms with van der Waals surface area (Å²) in [5, 5.41) is 0. The van der Waals surface area contributed by atoms with Gasteiger partial charge in [0.25, 0.3) is 5.91 Å². The van der Waals surface area contributed by atoms with Gasteiger partial charge in [-0.25, -0.2) is 0 Å². The molecule has 20 heavy (non-hydrogen) atoms. The fourth-order valence-electron chi connectivity index (χ4n) is 2.20. The maximum absolute atomic E-state index is 12.6. The van der Waals surface area contributed by atoms with Crippen LogP contribution < -0.4 is 4.74 Å². The van der Waals surface area contributed by atoms with Crippen molar-refractivity contribution < 1.29 is 9.53 Å². The highest BCUT2D eigenvalue weighted by atomic mass is 127. The lowest BCUT2D eigenvalue weighted by molar-refractivity contribution is 0.0658. The molecular weight excluding hydrogens is 367 g/mol. The Balaban J connectivity index is 2.20. The fourth-order valence-corrected chi connectivity index (χ4v) is 2.67. The minimum Gasteiger partial charge on any atom is -0.490 e. The number of nitrogens with zero attached hydrogens (tertiary/aromatic N) is 2. The number of hydrogen-bond acceptors (Lipinski definition) is 3. The number of carbonyl (C=O) groups excluding carboxylic acids is 1. The highest BCUT2D eigenvalue weighted by Crippen LogP contribution is 2.24. The molecule has 1 aromatic rings. The van der Waals surface area contributed by atoms with Gasteiger partial charge >= 0.3 is 0 Å². The first kappa shape index (κ1) is 15.6. The van der Waals surface area contributed by atoms with Crippen LogP contribution in [0.25, 0.3) is 0 Å². The predicted molar refractivity (Wildman–Crippen MR) is 88.3 cm³/mol. The lowest BCUT2D eigenvalue weighted by Crippen LogP contribution is -2.47. The van der Waals surface area contributed by atoms with Gasteiger partial charge in [-0.2, -0.15) is 0 Å². The van der Waals surface area contributed by atoms with Crippen molar-refractivity contribution >= 4 is 28.5 Å². The molecule has 2 rings (SSSR count). The minimum absolute atomic E-state index is 0.0623. The van der Waals surface area contributed by atoms with E-state index < -0.39 is 0 Å². The Morgan fingerprint density at radius 1 is 1.25 bits per heavy atom. The van der Waals surface area contributed by atoms with E-state index in [1.807, 2.05) is 36.9 Å². The Kier molecular flexibility index (Phi) is 5.26. The average molecular weight is 388 g/mol. The molecule has 1 aromatic carbocycles. The van der Waals surface area contributed by atoms with Crippen molar-refractivity contribution in [1.29, 1.82) is 0 Å². The molecule has 0 aliphatic carbocycles. The molecule has 1 saturated heterocycles. The van der Waals surface area contributed by atoms with E-state index in [2.05, 4.69) is 34.5 Å². The van der Waals surface area contributed by atoms with E-state index in [0.29, 0.717) is 11.3 Å². The highest BCUT2D eigenvalue weighted by Gasteiger charge is 2.23. The normalized spacial score (nSPS) is 16.6. The first-order chi connectivity index (χ1) is 9.47. The molecule has 0 unspecified atom stereocenters. The van der Waals surface area contributed by atoms with Crippen LogP contribution in [0.3, 0.4) is 0 Å². The molecule has 0 radical (unpaired) electrons. The van der Waals surface area contributed by atoms with Crippen LogP contribution in [-0.2, 0) is 0 Å². The summed E-state index contributed by atoms with van der Waals surface area (Å²) in [5.41, 5.74) is 0.670. The number of ether oxygens (including phenoxy) is 1. The molecule has 0 atom stereocenters. The van der Waals surface area contributed by atoms with Gasteiger partial charge in [0.05, 0.1) is 11.7 Å². The number of piperazine rings is 1. The molecule has 1 aliphatic rings. The molecule has 0 saturated carbocycles. The molecule has 110 valence electrons. The number of likely N-dealkylation sites (N-methyl/N-ethyl adjacent to an activating group) is 1. The van der Waals surface area contributed by atoms with E-state index in [1.54, 1.807) is 0 Å². The van der Waals surface area contributed by atoms with E-state index in [9.17, 15) is 4.79 Å². The van der Waals surface area contributed by atoms with Crippen molar-refractivity contribution in [3.63, 3.8) is 0 Å². The fraction of sp³-hybridized carbons (Fsp3) is 0.533. The number of carbonyl (C=O) groups is 1. The van der Waals surface area contributed by atoms with Gasteiger partial charge in [0, 0.05) is 29.7 Å². The maximum Gasteiger partial charge on any atom is 0.257 e. The van der Waals surface area contributed by atoms with Crippen molar-refractivity contribution in [2.75, 3.05) is 33.2 Å². The molecule has 1 amide bonds. The molecule has 0 spiro atoms. The summed E-state index contributed by atoms with van der Waals surface area (Å²) < 4.78 is 6.87. The molecule has 5 heteroatoms. The van der Waals surface area contributed by atoms with E-state index in [0.717, 1.165) is 29.7 Å². The minimum atomic E-state index is 0.0623. The summed E-state index contributed by atoms with van der Waals surface area (Å²) >= 11 is 2.24. The molecule has 1 aliphatic heterocycles. The highest BCUT2D eigenvalue weighted by molar-refractivity contribution is 14.1. The van der Waals surface area contributed by atoms with E-state index >= 15 is 0 Å². The summed E-state index contributed by atoms with van der Waals surface area (Å²) in [5.74, 6) is 0.765. The molecule has 0 bridgehead atoms. The van der Waals surface area contributed by atoms with Crippen molar-refractivity contribution in [2.45, 2.75) is 20.0 Å². The summed E-state index contributed by atoms with van der Waals surface area (Å²) in [4.78, 5) is 16.8. The average Bonchev–Trinajstić information content (AvgIpc) is 2.38. The van der Waals surface area contributed by atoms with Gasteiger partial charge < -0.3 is 14.5 Å². The SMILES string of the molecule is CC(C)Oc1cc(I)ccc1C(=O)N1CCN(C)CC1. The van der Waals surface area contributed by atoms with Crippen LogP contribution >= 0.6 is 22.6 Å². The summed E-state index contributed by atoms with van der Waals surface area (Å²) in [7, 11) is 2.08. The van der Waals surface area contributed by atoms with Crippen LogP contribution in [0.4, 0.5) is 0 Å². The quantitative estimate of drug-likeness (QED) is 0.746. The van der Waals surface area contributed by atoms with Gasteiger partial charge in [-0.3, -0.25) is 4.79 Å². The summed E-state index contributed by atoms with van der Waals surface area (Å²) in [6.07, 6.45) is 0.0623. The van der Waals surface area contributed by atoms with E-state index in [1.165, 1.54) is 0 Å². The van der Waals surface area contributed by atoms with Crippen LogP contribution in [-0.4, -0.2) is 55.0 Å². The number of rotatable bonds is 3. The van der Waals surface area contributed by atoms with Gasteiger partial charge in [0.2, 0.25) is 0 Å². The Hall–Kier alpha value is -0.820. The smallest absolute Gasteiger partial charge is 0.257 e. The standard InChI is InChI=1S/C15H21IN2O2/c1-11(2)20-14-10-12(16)4-5-13(14)15(19)18-8-6-17(3)7-9-18/h4-5,10-11H,6-9H2,1-3H3. The van der Waals surface area contributed by atoms with E-state index in [-0.39, 0.29) is 12.0 Å². The Labute approximate surface area is 134 Å². The maximum atomic E-state index is 12.6. The third-order valence-corrected chi connectivity index (χ3v) is 4.00. The summed E-state index contributed by atoms with van der Waals surface area (Å²) in [6, 6.07) is 5.76. The van der Waals surface area contributed by atoms with Crippen molar-refractivity contribution in [3.05, 3.63) is 27.3 Å². The third kappa shape index (κ3) is 3.85. The first-order valence-electron chi connectivity index (χ1n) is 6.91. The third-order valence-electron chi connectivity index (χ3n) is 3.33. The number of amides is 1. The molecular formula is C15H21IN2O2. The number of benzene rings is 1. The zero-order valence-electron chi connectivity index (χ0n) is 12.2. The largest absolute Gasteiger partial charge is 0.490 e. The molecule has 0 N–H and O–H groups in total. The van der Waals surface area contributed by atoms with Crippen LogP contribution in [0.2, 0.25) is 0 Å². The second kappa shape index (κ2) is 6.76. The second-order valence-electron chi connectivity index (χ2n) is 5.40. The van der Waals surface area contributed by atoms with Crippen molar-refractivity contribution in [2.24, 2.45) is 0 Å². The zero-order valence-corrected chi connectivity index (χ0v) is 14.4. The second-order valence-corrected chi connectivity index (χ2v) is 6.65. The monoisotopic (exact) mass is 388 g/mol.